The molecule has 1 saturated heterocycles. The number of anilines is 1. The van der Waals surface area contributed by atoms with E-state index in [1.54, 1.807) is 21.3 Å². The van der Waals surface area contributed by atoms with Crippen LogP contribution >= 0.6 is 0 Å². The monoisotopic (exact) mass is 528 g/mol. The van der Waals surface area contributed by atoms with Crippen molar-refractivity contribution in [1.82, 2.24) is 5.32 Å². The molecule has 2 aromatic carbocycles. The summed E-state index contributed by atoms with van der Waals surface area (Å²) in [4.78, 5) is 2.38. The number of nitrogens with one attached hydrogen (secondary N) is 1. The van der Waals surface area contributed by atoms with Gasteiger partial charge in [-0.3, -0.25) is 0 Å². The lowest BCUT2D eigenvalue weighted by Gasteiger charge is -2.39. The van der Waals surface area contributed by atoms with Crippen molar-refractivity contribution in [3.63, 3.8) is 0 Å². The number of rotatable bonds is 13. The Bertz CT molecular complexity index is 999. The van der Waals surface area contributed by atoms with Crippen molar-refractivity contribution in [2.75, 3.05) is 65.7 Å². The molecule has 2 aliphatic rings. The lowest BCUT2D eigenvalue weighted by Crippen LogP contribution is -2.50. The number of piperidine rings is 1. The van der Waals surface area contributed by atoms with Crippen LogP contribution in [0.1, 0.15) is 43.2 Å². The van der Waals surface area contributed by atoms with Crippen molar-refractivity contribution in [2.45, 2.75) is 56.5 Å². The Labute approximate surface area is 227 Å². The zero-order valence-electron chi connectivity index (χ0n) is 23.3. The zero-order chi connectivity index (χ0) is 27.0. The molecule has 2 aliphatic heterocycles. The number of benzene rings is 2. The van der Waals surface area contributed by atoms with Gasteiger partial charge in [0.05, 0.1) is 44.3 Å². The fourth-order valence-corrected chi connectivity index (χ4v) is 5.64. The lowest BCUT2D eigenvalue weighted by atomic mass is 9.81. The van der Waals surface area contributed by atoms with Gasteiger partial charge in [-0.15, -0.1) is 0 Å². The number of aliphatic hydroxyl groups is 1. The van der Waals surface area contributed by atoms with Gasteiger partial charge in [-0.1, -0.05) is 18.2 Å². The molecule has 0 amide bonds. The second-order valence-corrected chi connectivity index (χ2v) is 10.7. The van der Waals surface area contributed by atoms with Crippen molar-refractivity contribution in [2.24, 2.45) is 0 Å². The number of nitrogens with zero attached hydrogens (tertiary/aromatic N) is 1. The van der Waals surface area contributed by atoms with Crippen molar-refractivity contribution < 1.29 is 28.8 Å². The lowest BCUT2D eigenvalue weighted by molar-refractivity contribution is -0.0423. The second kappa shape index (κ2) is 13.6. The molecule has 8 nitrogen and oxygen atoms in total. The summed E-state index contributed by atoms with van der Waals surface area (Å²) in [6.45, 7) is 6.64. The third-order valence-corrected chi connectivity index (χ3v) is 7.50. The summed E-state index contributed by atoms with van der Waals surface area (Å²) in [7, 11) is 5.05. The highest BCUT2D eigenvalue weighted by Gasteiger charge is 2.35. The molecule has 0 aromatic heterocycles. The van der Waals surface area contributed by atoms with Crippen LogP contribution in [0.25, 0.3) is 0 Å². The fourth-order valence-electron chi connectivity index (χ4n) is 5.64. The van der Waals surface area contributed by atoms with Gasteiger partial charge in [0.1, 0.15) is 18.1 Å². The maximum Gasteiger partial charge on any atom is 0.142 e. The van der Waals surface area contributed by atoms with Crippen LogP contribution in [0.4, 0.5) is 5.69 Å². The molecule has 0 bridgehead atoms. The van der Waals surface area contributed by atoms with Crippen LogP contribution in [0, 0.1) is 0 Å². The molecule has 4 rings (SSSR count). The van der Waals surface area contributed by atoms with Crippen LogP contribution in [-0.2, 0) is 20.8 Å². The summed E-state index contributed by atoms with van der Waals surface area (Å²) in [5.74, 6) is 1.96. The first-order chi connectivity index (χ1) is 18.4. The number of methoxy groups -OCH3 is 3. The van der Waals surface area contributed by atoms with E-state index in [2.05, 4.69) is 40.5 Å². The largest absolute Gasteiger partial charge is 0.497 e. The van der Waals surface area contributed by atoms with Crippen molar-refractivity contribution >= 4 is 5.69 Å². The average Bonchev–Trinajstić information content (AvgIpc) is 2.92. The first kappa shape index (κ1) is 28.6. The molecule has 2 aromatic rings. The fraction of sp³-hybridized carbons (Fsp3) is 0.600. The molecule has 210 valence electrons. The topological polar surface area (TPSA) is 81.7 Å². The molecule has 0 aliphatic carbocycles. The predicted octanol–water partition coefficient (Wildman–Crippen LogP) is 3.75. The van der Waals surface area contributed by atoms with E-state index in [9.17, 15) is 5.11 Å². The predicted molar refractivity (Wildman–Crippen MR) is 148 cm³/mol. The molecule has 0 radical (unpaired) electrons. The molecule has 2 N–H and O–H groups in total. The van der Waals surface area contributed by atoms with Gasteiger partial charge in [-0.05, 0) is 61.6 Å². The highest BCUT2D eigenvalue weighted by molar-refractivity contribution is 5.61. The summed E-state index contributed by atoms with van der Waals surface area (Å²) in [6.07, 6.45) is 2.45. The van der Waals surface area contributed by atoms with E-state index in [1.165, 1.54) is 5.56 Å². The van der Waals surface area contributed by atoms with Gasteiger partial charge in [0, 0.05) is 45.9 Å². The van der Waals surface area contributed by atoms with Crippen LogP contribution < -0.4 is 19.7 Å². The smallest absolute Gasteiger partial charge is 0.142 e. The molecule has 4 atom stereocenters. The molecule has 38 heavy (non-hydrogen) atoms. The average molecular weight is 529 g/mol. The Balaban J connectivity index is 1.46. The third kappa shape index (κ3) is 7.61. The third-order valence-electron chi connectivity index (χ3n) is 7.50. The highest BCUT2D eigenvalue weighted by atomic mass is 16.5. The van der Waals surface area contributed by atoms with Gasteiger partial charge in [0.15, 0.2) is 0 Å². The van der Waals surface area contributed by atoms with Crippen LogP contribution in [-0.4, -0.2) is 83.6 Å². The van der Waals surface area contributed by atoms with E-state index >= 15 is 0 Å². The minimum Gasteiger partial charge on any atom is -0.497 e. The molecular weight excluding hydrogens is 484 g/mol. The molecule has 1 fully saturated rings. The summed E-state index contributed by atoms with van der Waals surface area (Å²) in [5, 5.41) is 14.4. The Morgan fingerprint density at radius 1 is 1.11 bits per heavy atom. The molecule has 8 heteroatoms. The zero-order valence-corrected chi connectivity index (χ0v) is 23.3. The number of fused-ring (bicyclic) bond motifs is 1. The highest BCUT2D eigenvalue weighted by Crippen LogP contribution is 2.36. The number of ether oxygens (including phenoxy) is 5. The van der Waals surface area contributed by atoms with E-state index in [4.69, 9.17) is 23.7 Å². The Kier molecular flexibility index (Phi) is 10.3. The van der Waals surface area contributed by atoms with Gasteiger partial charge in [0.25, 0.3) is 0 Å². The SMILES string of the molecule is COCCCN1CCOc2ccc(CO[C@H]3CN[C@@H](C[C@@](C)(O)COC)C[C@@H]3c3ccc(OC)cc3)cc21. The molecule has 2 heterocycles. The Hall–Kier alpha value is -2.36. The van der Waals surface area contributed by atoms with Crippen molar-refractivity contribution in [3.05, 3.63) is 53.6 Å². The van der Waals surface area contributed by atoms with Crippen molar-refractivity contribution in [1.29, 1.82) is 0 Å². The standard InChI is InChI=1S/C30H44N2O6/c1-30(33,21-35-3)18-24-17-26(23-7-9-25(36-4)10-8-23)29(19-31-24)38-20-22-6-11-28-27(16-22)32(13-15-37-28)12-5-14-34-2/h6-11,16,24,26,29,31,33H,5,12-15,17-21H2,1-4H3/t24-,26-,29+,30-/m1/s1. The minimum atomic E-state index is -0.884. The minimum absolute atomic E-state index is 0.00268. The van der Waals surface area contributed by atoms with E-state index in [-0.39, 0.29) is 18.1 Å². The van der Waals surface area contributed by atoms with Gasteiger partial charge < -0.3 is 39.0 Å². The van der Waals surface area contributed by atoms with Crippen LogP contribution in [0.3, 0.4) is 0 Å². The van der Waals surface area contributed by atoms with E-state index in [1.807, 2.05) is 19.1 Å². The maximum absolute atomic E-state index is 10.8. The second-order valence-electron chi connectivity index (χ2n) is 10.7. The van der Waals surface area contributed by atoms with E-state index in [0.29, 0.717) is 32.8 Å². The summed E-state index contributed by atoms with van der Waals surface area (Å²) in [5.41, 5.74) is 2.59. The molecular formula is C30H44N2O6. The number of hydrogen-bond acceptors (Lipinski definition) is 8. The summed E-state index contributed by atoms with van der Waals surface area (Å²) in [6, 6.07) is 14.8. The summed E-state index contributed by atoms with van der Waals surface area (Å²) < 4.78 is 28.3. The van der Waals surface area contributed by atoms with Gasteiger partial charge >= 0.3 is 0 Å². The first-order valence-electron chi connectivity index (χ1n) is 13.6. The van der Waals surface area contributed by atoms with Crippen LogP contribution in [0.15, 0.2) is 42.5 Å². The van der Waals surface area contributed by atoms with Gasteiger partial charge in [-0.25, -0.2) is 0 Å². The molecule has 0 spiro atoms. The van der Waals surface area contributed by atoms with E-state index < -0.39 is 5.60 Å². The van der Waals surface area contributed by atoms with Gasteiger partial charge in [0.2, 0.25) is 0 Å². The number of hydrogen-bond donors (Lipinski definition) is 2. The maximum atomic E-state index is 10.8. The van der Waals surface area contributed by atoms with Gasteiger partial charge in [-0.2, -0.15) is 0 Å². The normalized spacial score (nSPS) is 22.9. The van der Waals surface area contributed by atoms with Crippen LogP contribution in [0.5, 0.6) is 11.5 Å². The van der Waals surface area contributed by atoms with Crippen LogP contribution in [0.2, 0.25) is 0 Å². The van der Waals surface area contributed by atoms with Crippen molar-refractivity contribution in [3.8, 4) is 11.5 Å². The first-order valence-corrected chi connectivity index (χ1v) is 13.6. The Morgan fingerprint density at radius 3 is 2.66 bits per heavy atom. The Morgan fingerprint density at radius 2 is 1.92 bits per heavy atom. The summed E-state index contributed by atoms with van der Waals surface area (Å²) >= 11 is 0. The molecule has 0 saturated carbocycles. The quantitative estimate of drug-likeness (QED) is 0.381. The van der Waals surface area contributed by atoms with E-state index in [0.717, 1.165) is 55.3 Å². The molecule has 0 unspecified atom stereocenters.